The molecule has 6 rings (SSSR count). The van der Waals surface area contributed by atoms with Gasteiger partial charge in [-0.25, -0.2) is 4.99 Å². The van der Waals surface area contributed by atoms with Crippen molar-refractivity contribution in [1.82, 2.24) is 5.32 Å². The predicted octanol–water partition coefficient (Wildman–Crippen LogP) is 8.52. The number of aliphatic hydroxyl groups excluding tert-OH is 1. The minimum atomic E-state index is -1.57. The van der Waals surface area contributed by atoms with Crippen LogP contribution in [-0.2, 0) is 29.0 Å². The van der Waals surface area contributed by atoms with Gasteiger partial charge < -0.3 is 19.9 Å². The molecule has 0 unspecified atom stereocenters. The molecule has 0 saturated heterocycles. The van der Waals surface area contributed by atoms with Crippen LogP contribution in [0.5, 0.6) is 5.75 Å². The molecule has 5 aromatic carbocycles. The first kappa shape index (κ1) is 37.2. The minimum absolute atomic E-state index is 0.0266. The molecule has 1 amide bonds. The maximum atomic E-state index is 15.2. The summed E-state index contributed by atoms with van der Waals surface area (Å²) < 4.78 is 12.6. The minimum Gasteiger partial charge on any atom is -0.494 e. The van der Waals surface area contributed by atoms with Crippen molar-refractivity contribution in [2.45, 2.75) is 43.5 Å². The molecule has 0 aromatic heterocycles. The summed E-state index contributed by atoms with van der Waals surface area (Å²) in [6.07, 6.45) is -0.343. The highest BCUT2D eigenvalue weighted by atomic mass is 16.5. The molecular weight excluding hydrogens is 681 g/mol. The van der Waals surface area contributed by atoms with Gasteiger partial charge >= 0.3 is 0 Å². The van der Waals surface area contributed by atoms with Gasteiger partial charge in [0.1, 0.15) is 5.75 Å². The third-order valence-corrected chi connectivity index (χ3v) is 9.43. The van der Waals surface area contributed by atoms with Crippen LogP contribution in [0.1, 0.15) is 57.4 Å². The number of carbonyl (C=O) groups excluding carboxylic acids is 1. The second-order valence-corrected chi connectivity index (χ2v) is 12.8. The number of benzene rings is 5. The lowest BCUT2D eigenvalue weighted by atomic mass is 9.79. The van der Waals surface area contributed by atoms with Crippen LogP contribution in [0.2, 0.25) is 0 Å². The maximum absolute atomic E-state index is 15.2. The Morgan fingerprint density at radius 3 is 2.00 bits per heavy atom. The second-order valence-electron chi connectivity index (χ2n) is 12.8. The summed E-state index contributed by atoms with van der Waals surface area (Å²) in [5.41, 5.74) is 22.4. The molecule has 0 saturated carbocycles. The molecule has 0 aliphatic carbocycles. The summed E-state index contributed by atoms with van der Waals surface area (Å²) in [6, 6.07) is 42.2. The zero-order valence-electron chi connectivity index (χ0n) is 29.6. The van der Waals surface area contributed by atoms with E-state index in [1.54, 1.807) is 12.1 Å². The van der Waals surface area contributed by atoms with Crippen molar-refractivity contribution in [3.8, 4) is 5.75 Å². The Balaban J connectivity index is 1.48. The Bertz CT molecular complexity index is 2110. The van der Waals surface area contributed by atoms with Crippen LogP contribution < -0.4 is 10.1 Å². The number of nitrogens with one attached hydrogen (secondary N) is 1. The summed E-state index contributed by atoms with van der Waals surface area (Å²) in [7, 11) is 0. The number of nitrogens with zero attached hydrogens (tertiary/aromatic N) is 7. The van der Waals surface area contributed by atoms with E-state index < -0.39 is 11.6 Å². The molecule has 2 N–H and O–H groups in total. The summed E-state index contributed by atoms with van der Waals surface area (Å²) >= 11 is 0. The molecule has 12 heteroatoms. The molecule has 1 aliphatic heterocycles. The molecule has 0 fully saturated rings. The fraction of sp³-hybridized carbons (Fsp3) is 0.238. The Labute approximate surface area is 313 Å². The van der Waals surface area contributed by atoms with Crippen molar-refractivity contribution in [2.24, 2.45) is 15.2 Å². The number of amides is 1. The van der Waals surface area contributed by atoms with Gasteiger partial charge in [0.15, 0.2) is 11.6 Å². The highest BCUT2D eigenvalue weighted by Gasteiger charge is 2.54. The zero-order valence-corrected chi connectivity index (χ0v) is 29.6. The summed E-state index contributed by atoms with van der Waals surface area (Å²) in [6.45, 7) is 0.785. The van der Waals surface area contributed by atoms with E-state index in [2.05, 4.69) is 25.4 Å². The van der Waals surface area contributed by atoms with Gasteiger partial charge in [0, 0.05) is 47.3 Å². The van der Waals surface area contributed by atoms with E-state index >= 15 is 4.79 Å². The van der Waals surface area contributed by atoms with E-state index in [0.717, 1.165) is 22.3 Å². The molecule has 5 aromatic rings. The van der Waals surface area contributed by atoms with Crippen molar-refractivity contribution < 1.29 is 19.4 Å². The molecule has 1 heterocycles. The monoisotopic (exact) mass is 720 g/mol. The van der Waals surface area contributed by atoms with Gasteiger partial charge in [-0.2, -0.15) is 0 Å². The molecule has 0 radical (unpaired) electrons. The smallest absolute Gasteiger partial charge is 0.252 e. The van der Waals surface area contributed by atoms with Gasteiger partial charge in [-0.15, -0.1) is 0 Å². The van der Waals surface area contributed by atoms with Crippen LogP contribution in [0.25, 0.3) is 20.9 Å². The highest BCUT2D eigenvalue weighted by molar-refractivity contribution is 6.01. The molecule has 54 heavy (non-hydrogen) atoms. The van der Waals surface area contributed by atoms with Crippen molar-refractivity contribution in [3.63, 3.8) is 0 Å². The van der Waals surface area contributed by atoms with Crippen molar-refractivity contribution in [2.75, 3.05) is 19.8 Å². The lowest BCUT2D eigenvalue weighted by Crippen LogP contribution is -2.51. The Hall–Kier alpha value is -6.58. The lowest BCUT2D eigenvalue weighted by Gasteiger charge is -2.33. The molecule has 272 valence electrons. The Morgan fingerprint density at radius 2 is 1.37 bits per heavy atom. The van der Waals surface area contributed by atoms with Crippen LogP contribution in [0.4, 0.5) is 0 Å². The van der Waals surface area contributed by atoms with Gasteiger partial charge in [-0.05, 0) is 68.7 Å². The Kier molecular flexibility index (Phi) is 12.6. The fourth-order valence-corrected chi connectivity index (χ4v) is 6.73. The molecule has 12 nitrogen and oxygen atoms in total. The van der Waals surface area contributed by atoms with E-state index in [9.17, 15) is 16.2 Å². The molecule has 0 bridgehead atoms. The predicted molar refractivity (Wildman–Crippen MR) is 207 cm³/mol. The van der Waals surface area contributed by atoms with Gasteiger partial charge in [0.25, 0.3) is 5.91 Å². The van der Waals surface area contributed by atoms with Crippen LogP contribution in [0.3, 0.4) is 0 Å². The van der Waals surface area contributed by atoms with E-state index in [1.807, 2.05) is 121 Å². The van der Waals surface area contributed by atoms with Gasteiger partial charge in [0.05, 0.1) is 19.7 Å². The van der Waals surface area contributed by atoms with E-state index in [4.69, 9.17) is 14.5 Å². The van der Waals surface area contributed by atoms with Crippen molar-refractivity contribution in [1.29, 1.82) is 0 Å². The number of rotatable bonds is 17. The van der Waals surface area contributed by atoms with Crippen molar-refractivity contribution >= 4 is 11.8 Å². The zero-order chi connectivity index (χ0) is 37.6. The van der Waals surface area contributed by atoms with Gasteiger partial charge in [-0.1, -0.05) is 119 Å². The second kappa shape index (κ2) is 18.3. The van der Waals surface area contributed by atoms with Gasteiger partial charge in [0.2, 0.25) is 5.90 Å². The average Bonchev–Trinajstić information content (AvgIpc) is 3.61. The topological polar surface area (TPSA) is 178 Å². The number of azide groups is 2. The molecule has 0 spiro atoms. The first-order valence-electron chi connectivity index (χ1n) is 17.7. The van der Waals surface area contributed by atoms with E-state index in [1.165, 1.54) is 0 Å². The molecule has 1 aliphatic rings. The SMILES string of the molecule is [N-]=[N+]=NCc1ccccc1C[C@@]1(C(=O)NCC(c2ccccc2)c2ccccc2)N=C(c2ccc(OCCCO)cc2)O[C@@H]1c1ccccc1CN=[N+]=[N-]. The third-order valence-electron chi connectivity index (χ3n) is 9.43. The first-order valence-corrected chi connectivity index (χ1v) is 17.7. The molecular formula is C42H40N8O4. The Morgan fingerprint density at radius 1 is 0.796 bits per heavy atom. The fourth-order valence-electron chi connectivity index (χ4n) is 6.73. The van der Waals surface area contributed by atoms with Crippen molar-refractivity contribution in [3.05, 3.63) is 193 Å². The average molecular weight is 721 g/mol. The maximum Gasteiger partial charge on any atom is 0.252 e. The summed E-state index contributed by atoms with van der Waals surface area (Å²) in [5.74, 6) is 0.350. The van der Waals surface area contributed by atoms with E-state index in [0.29, 0.717) is 35.5 Å². The summed E-state index contributed by atoms with van der Waals surface area (Å²) in [5, 5.41) is 20.1. The number of carbonyl (C=O) groups is 1. The number of aliphatic imine (C=N–C) groups is 1. The van der Waals surface area contributed by atoms with Crippen LogP contribution in [0.15, 0.2) is 149 Å². The molecule has 2 atom stereocenters. The number of hydrogen-bond acceptors (Lipinski definition) is 7. The lowest BCUT2D eigenvalue weighted by molar-refractivity contribution is -0.129. The van der Waals surface area contributed by atoms with Crippen LogP contribution >= 0.6 is 0 Å². The normalized spacial score (nSPS) is 16.0. The third kappa shape index (κ3) is 8.71. The number of aliphatic hydroxyl groups is 1. The number of hydrogen-bond donors (Lipinski definition) is 2. The summed E-state index contributed by atoms with van der Waals surface area (Å²) in [4.78, 5) is 26.4. The number of ether oxygens (including phenoxy) is 2. The van der Waals surface area contributed by atoms with E-state index in [-0.39, 0.29) is 50.4 Å². The quantitative estimate of drug-likeness (QED) is 0.0424. The first-order chi connectivity index (χ1) is 26.6. The largest absolute Gasteiger partial charge is 0.494 e. The standard InChI is InChI=1S/C42H40N8O4/c43-49-46-27-34-17-8-7-16-33(34)26-42(41(52)45-29-38(30-12-3-1-4-13-30)31-14-5-2-6-15-31)39(37-19-10-9-18-35(37)28-47-50-44)54-40(48-42)32-20-22-36(23-21-32)53-25-11-24-51/h1-10,12-23,38-39,51H,11,24-29H2,(H,45,52)/t39-,42-/m1/s1. The van der Waals surface area contributed by atoms with Gasteiger partial charge in [-0.3, -0.25) is 4.79 Å². The van der Waals surface area contributed by atoms with Crippen LogP contribution in [0, 0.1) is 0 Å². The van der Waals surface area contributed by atoms with Crippen LogP contribution in [-0.4, -0.2) is 42.2 Å². The highest BCUT2D eigenvalue weighted by Crippen LogP contribution is 2.44.